The van der Waals surface area contributed by atoms with Gasteiger partial charge in [0.2, 0.25) is 0 Å². The summed E-state index contributed by atoms with van der Waals surface area (Å²) in [5.74, 6) is -0.102. The SMILES string of the molecule is C[C@]12CCC3=C(COC3=O)C1C[C@@H]1O[C@@]13C(=O)C(CCCOC(=O)NCC=O)=C[C@@H]1O[C@]123. The molecule has 3 fully saturated rings. The molecule has 0 aromatic carbocycles. The predicted molar refractivity (Wildman–Crippen MR) is 106 cm³/mol. The third-order valence-electron chi connectivity index (χ3n) is 8.44. The largest absolute Gasteiger partial charge is 0.458 e. The molecule has 2 saturated heterocycles. The van der Waals surface area contributed by atoms with Crippen molar-refractivity contribution in [2.45, 2.75) is 62.4 Å². The second-order valence-electron chi connectivity index (χ2n) is 9.71. The Morgan fingerprint density at radius 2 is 2.19 bits per heavy atom. The van der Waals surface area contributed by atoms with Crippen LogP contribution < -0.4 is 5.32 Å². The third kappa shape index (κ3) is 2.30. The molecule has 6 rings (SSSR count). The summed E-state index contributed by atoms with van der Waals surface area (Å²) in [4.78, 5) is 47.4. The van der Waals surface area contributed by atoms with E-state index in [1.807, 2.05) is 6.08 Å². The first kappa shape index (κ1) is 20.1. The minimum absolute atomic E-state index is 0.0140. The molecule has 6 atom stereocenters. The Bertz CT molecular complexity index is 1020. The van der Waals surface area contributed by atoms with Crippen LogP contribution in [0.1, 0.15) is 39.0 Å². The van der Waals surface area contributed by atoms with Crippen molar-refractivity contribution in [1.82, 2.24) is 5.32 Å². The number of hydrogen-bond acceptors (Lipinski definition) is 8. The number of carbonyl (C=O) groups excluding carboxylic acids is 4. The van der Waals surface area contributed by atoms with Gasteiger partial charge in [-0.05, 0) is 55.2 Å². The smallest absolute Gasteiger partial charge is 0.407 e. The summed E-state index contributed by atoms with van der Waals surface area (Å²) in [5, 5.41) is 2.31. The van der Waals surface area contributed by atoms with Crippen LogP contribution in [0.2, 0.25) is 0 Å². The highest BCUT2D eigenvalue weighted by Crippen LogP contribution is 2.77. The molecule has 6 aliphatic rings. The van der Waals surface area contributed by atoms with Crippen molar-refractivity contribution < 1.29 is 38.1 Å². The van der Waals surface area contributed by atoms with E-state index in [-0.39, 0.29) is 48.4 Å². The predicted octanol–water partition coefficient (Wildman–Crippen LogP) is 1.15. The lowest BCUT2D eigenvalue weighted by atomic mass is 9.48. The molecule has 3 heterocycles. The van der Waals surface area contributed by atoms with E-state index in [9.17, 15) is 19.2 Å². The number of Topliss-reactive ketones (excluding diaryl/α,β-unsaturated/α-hetero) is 1. The zero-order valence-electron chi connectivity index (χ0n) is 17.8. The minimum atomic E-state index is -0.934. The number of alkyl carbamates (subject to hydrolysis) is 1. The topological polar surface area (TPSA) is 124 Å². The molecule has 9 nitrogen and oxygen atoms in total. The van der Waals surface area contributed by atoms with Gasteiger partial charge < -0.3 is 29.1 Å². The summed E-state index contributed by atoms with van der Waals surface area (Å²) in [7, 11) is 0. The highest BCUT2D eigenvalue weighted by atomic mass is 16.7. The van der Waals surface area contributed by atoms with Crippen molar-refractivity contribution in [1.29, 1.82) is 0 Å². The van der Waals surface area contributed by atoms with Gasteiger partial charge in [0.1, 0.15) is 24.6 Å². The van der Waals surface area contributed by atoms with Gasteiger partial charge in [-0.2, -0.15) is 0 Å². The number of cyclic esters (lactones) is 1. The van der Waals surface area contributed by atoms with Gasteiger partial charge in [-0.15, -0.1) is 0 Å². The van der Waals surface area contributed by atoms with E-state index in [1.54, 1.807) is 0 Å². The van der Waals surface area contributed by atoms with Crippen LogP contribution in [-0.4, -0.2) is 67.3 Å². The average molecular weight is 443 g/mol. The summed E-state index contributed by atoms with van der Waals surface area (Å²) in [6.07, 6.45) is 4.51. The Labute approximate surface area is 184 Å². The van der Waals surface area contributed by atoms with Gasteiger partial charge in [0.15, 0.2) is 11.4 Å². The van der Waals surface area contributed by atoms with Gasteiger partial charge >= 0.3 is 12.1 Å². The molecule has 1 amide bonds. The van der Waals surface area contributed by atoms with Crippen molar-refractivity contribution in [3.63, 3.8) is 0 Å². The molecule has 1 saturated carbocycles. The molecular weight excluding hydrogens is 418 g/mol. The number of amides is 1. The monoisotopic (exact) mass is 443 g/mol. The number of ether oxygens (including phenoxy) is 4. The number of epoxide rings is 2. The van der Waals surface area contributed by atoms with Gasteiger partial charge in [0.05, 0.1) is 19.3 Å². The molecule has 0 aromatic heterocycles. The highest BCUT2D eigenvalue weighted by molar-refractivity contribution is 6.08. The molecule has 170 valence electrons. The van der Waals surface area contributed by atoms with Crippen LogP contribution in [0.15, 0.2) is 22.8 Å². The second-order valence-corrected chi connectivity index (χ2v) is 9.71. The Balaban J connectivity index is 1.20. The molecule has 0 aromatic rings. The Morgan fingerprint density at radius 1 is 1.34 bits per heavy atom. The summed E-state index contributed by atoms with van der Waals surface area (Å²) < 4.78 is 22.9. The first-order valence-electron chi connectivity index (χ1n) is 11.2. The standard InChI is InChI=1S/C23H25NO8/c1-21-5-4-13-14(11-30-19(13)27)15(21)10-16-22(31-16)18(26)12(9-17-23(21,22)32-17)3-2-8-29-20(28)24-6-7-25/h7,9,15-17H,2-6,8,10-11H2,1H3,(H,24,28)/t15?,16-,17-,21-,22+,23+/m0/s1. The molecule has 0 bridgehead atoms. The molecule has 1 N–H and O–H groups in total. The summed E-state index contributed by atoms with van der Waals surface area (Å²) in [6, 6.07) is 0. The van der Waals surface area contributed by atoms with Gasteiger partial charge in [0.25, 0.3) is 0 Å². The first-order valence-corrected chi connectivity index (χ1v) is 11.2. The first-order chi connectivity index (χ1) is 15.4. The van der Waals surface area contributed by atoms with E-state index in [1.165, 1.54) is 0 Å². The maximum atomic E-state index is 13.6. The molecule has 3 aliphatic heterocycles. The highest BCUT2D eigenvalue weighted by Gasteiger charge is 2.92. The van der Waals surface area contributed by atoms with Gasteiger partial charge in [-0.3, -0.25) is 4.79 Å². The Morgan fingerprint density at radius 3 is 3.00 bits per heavy atom. The van der Waals surface area contributed by atoms with Gasteiger partial charge in [-0.1, -0.05) is 6.92 Å². The van der Waals surface area contributed by atoms with Crippen molar-refractivity contribution in [2.75, 3.05) is 19.8 Å². The second kappa shape index (κ2) is 6.51. The number of carbonyl (C=O) groups is 4. The minimum Gasteiger partial charge on any atom is -0.458 e. The number of esters is 1. The zero-order chi connectivity index (χ0) is 22.3. The molecule has 32 heavy (non-hydrogen) atoms. The van der Waals surface area contributed by atoms with E-state index >= 15 is 0 Å². The molecule has 2 spiro atoms. The molecule has 3 aliphatic carbocycles. The Kier molecular flexibility index (Phi) is 4.09. The van der Waals surface area contributed by atoms with E-state index in [0.717, 1.165) is 17.6 Å². The maximum Gasteiger partial charge on any atom is 0.407 e. The maximum absolute atomic E-state index is 13.6. The van der Waals surface area contributed by atoms with Gasteiger partial charge in [-0.25, -0.2) is 9.59 Å². The number of nitrogens with one attached hydrogen (secondary N) is 1. The van der Waals surface area contributed by atoms with Crippen LogP contribution >= 0.6 is 0 Å². The number of fused-ring (bicyclic) bond motifs is 2. The third-order valence-corrected chi connectivity index (χ3v) is 8.44. The van der Waals surface area contributed by atoms with Crippen LogP contribution in [0.25, 0.3) is 0 Å². The molecular formula is C23H25NO8. The van der Waals surface area contributed by atoms with Crippen LogP contribution in [-0.2, 0) is 33.3 Å². The van der Waals surface area contributed by atoms with E-state index in [4.69, 9.17) is 18.9 Å². The lowest BCUT2D eigenvalue weighted by Crippen LogP contribution is -2.63. The van der Waals surface area contributed by atoms with Crippen molar-refractivity contribution in [3.05, 3.63) is 22.8 Å². The number of ketones is 1. The van der Waals surface area contributed by atoms with Crippen LogP contribution in [0, 0.1) is 11.3 Å². The summed E-state index contributed by atoms with van der Waals surface area (Å²) in [5.41, 5.74) is 0.642. The number of hydrogen-bond donors (Lipinski definition) is 1. The van der Waals surface area contributed by atoms with Crippen molar-refractivity contribution in [2.24, 2.45) is 11.3 Å². The van der Waals surface area contributed by atoms with Gasteiger partial charge in [0, 0.05) is 11.0 Å². The molecule has 9 heteroatoms. The fraction of sp³-hybridized carbons (Fsp3) is 0.652. The van der Waals surface area contributed by atoms with E-state index in [0.29, 0.717) is 44.1 Å². The normalized spacial score (nSPS) is 42.4. The fourth-order valence-corrected chi connectivity index (χ4v) is 6.92. The number of aldehydes is 1. The molecule has 1 unspecified atom stereocenters. The van der Waals surface area contributed by atoms with Crippen LogP contribution in [0.4, 0.5) is 4.79 Å². The quantitative estimate of drug-likeness (QED) is 0.281. The van der Waals surface area contributed by atoms with Crippen LogP contribution in [0.5, 0.6) is 0 Å². The van der Waals surface area contributed by atoms with Crippen molar-refractivity contribution in [3.8, 4) is 0 Å². The zero-order valence-corrected chi connectivity index (χ0v) is 17.8. The van der Waals surface area contributed by atoms with Crippen molar-refractivity contribution >= 4 is 24.1 Å². The molecule has 0 radical (unpaired) electrons. The van der Waals surface area contributed by atoms with E-state index in [2.05, 4.69) is 12.2 Å². The van der Waals surface area contributed by atoms with Crippen LogP contribution in [0.3, 0.4) is 0 Å². The fourth-order valence-electron chi connectivity index (χ4n) is 6.92. The summed E-state index contributed by atoms with van der Waals surface area (Å²) in [6.45, 7) is 2.57. The Hall–Kier alpha value is -2.52. The van der Waals surface area contributed by atoms with E-state index < -0.39 is 17.3 Å². The average Bonchev–Trinajstić information content (AvgIpc) is 3.65. The summed E-state index contributed by atoms with van der Waals surface area (Å²) >= 11 is 0. The lowest BCUT2D eigenvalue weighted by molar-refractivity contribution is -0.136. The number of rotatable bonds is 6. The lowest BCUT2D eigenvalue weighted by Gasteiger charge is -2.51.